The molecule has 0 heterocycles. The van der Waals surface area contributed by atoms with Gasteiger partial charge in [-0.1, -0.05) is 24.3 Å². The van der Waals surface area contributed by atoms with Gasteiger partial charge in [0.05, 0.1) is 10.5 Å². The van der Waals surface area contributed by atoms with Gasteiger partial charge in [0.1, 0.15) is 11.6 Å². The van der Waals surface area contributed by atoms with E-state index in [0.29, 0.717) is 16.5 Å². The minimum Gasteiger partial charge on any atom is -0.271 e. The molecule has 0 saturated carbocycles. The lowest BCUT2D eigenvalue weighted by atomic mass is 9.99. The summed E-state index contributed by atoms with van der Waals surface area (Å²) in [5.74, 6) is 4.81. The Balaban J connectivity index is 2.28. The predicted octanol–water partition coefficient (Wildman–Crippen LogP) is 3.47. The molecule has 2 aromatic rings. The van der Waals surface area contributed by atoms with Crippen molar-refractivity contribution in [1.82, 2.24) is 5.43 Å². The van der Waals surface area contributed by atoms with E-state index in [1.54, 1.807) is 30.3 Å². The fourth-order valence-corrected chi connectivity index (χ4v) is 2.33. The van der Waals surface area contributed by atoms with Crippen LogP contribution in [-0.2, 0) is 6.42 Å². The Morgan fingerprint density at radius 2 is 1.89 bits per heavy atom. The highest BCUT2D eigenvalue weighted by Crippen LogP contribution is 2.25. The zero-order chi connectivity index (χ0) is 13.8. The number of benzene rings is 2. The summed E-state index contributed by atoms with van der Waals surface area (Å²) in [7, 11) is 0. The second kappa shape index (κ2) is 6.23. The van der Waals surface area contributed by atoms with E-state index in [-0.39, 0.29) is 11.6 Å². The molecule has 2 rings (SSSR count). The Labute approximate surface area is 118 Å². The van der Waals surface area contributed by atoms with Crippen LogP contribution in [-0.4, -0.2) is 0 Å². The molecule has 0 amide bonds. The molecule has 5 heteroatoms. The topological polar surface area (TPSA) is 38.0 Å². The summed E-state index contributed by atoms with van der Waals surface area (Å²) in [4.78, 5) is 0. The molecule has 0 radical (unpaired) electrons. The molecular formula is C14H13BrF2N2. The summed E-state index contributed by atoms with van der Waals surface area (Å²) in [6.45, 7) is 0. The van der Waals surface area contributed by atoms with E-state index in [4.69, 9.17) is 5.84 Å². The van der Waals surface area contributed by atoms with Gasteiger partial charge in [0.25, 0.3) is 0 Å². The first-order chi connectivity index (χ1) is 9.11. The van der Waals surface area contributed by atoms with Crippen LogP contribution in [0, 0.1) is 11.6 Å². The minimum absolute atomic E-state index is 0.317. The van der Waals surface area contributed by atoms with Gasteiger partial charge in [0.15, 0.2) is 0 Å². The number of hydrogen-bond acceptors (Lipinski definition) is 2. The Morgan fingerprint density at radius 3 is 2.58 bits per heavy atom. The molecule has 0 spiro atoms. The maximum Gasteiger partial charge on any atom is 0.142 e. The number of hydrogen-bond donors (Lipinski definition) is 2. The van der Waals surface area contributed by atoms with Gasteiger partial charge >= 0.3 is 0 Å². The summed E-state index contributed by atoms with van der Waals surface area (Å²) >= 11 is 3.14. The normalized spacial score (nSPS) is 12.4. The van der Waals surface area contributed by atoms with Crippen LogP contribution >= 0.6 is 15.9 Å². The Morgan fingerprint density at radius 1 is 1.16 bits per heavy atom. The van der Waals surface area contributed by atoms with Gasteiger partial charge in [-0.25, -0.2) is 8.78 Å². The van der Waals surface area contributed by atoms with Crippen LogP contribution in [0.4, 0.5) is 8.78 Å². The van der Waals surface area contributed by atoms with Gasteiger partial charge in [0.2, 0.25) is 0 Å². The fraction of sp³-hybridized carbons (Fsp3) is 0.143. The van der Waals surface area contributed by atoms with Crippen molar-refractivity contribution < 1.29 is 8.78 Å². The van der Waals surface area contributed by atoms with Gasteiger partial charge in [-0.05, 0) is 46.1 Å². The lowest BCUT2D eigenvalue weighted by Crippen LogP contribution is -2.30. The van der Waals surface area contributed by atoms with E-state index in [1.807, 2.05) is 0 Å². The quantitative estimate of drug-likeness (QED) is 0.667. The molecule has 3 N–H and O–H groups in total. The van der Waals surface area contributed by atoms with Gasteiger partial charge < -0.3 is 0 Å². The van der Waals surface area contributed by atoms with Crippen molar-refractivity contribution in [3.8, 4) is 0 Å². The highest BCUT2D eigenvalue weighted by Gasteiger charge is 2.16. The lowest BCUT2D eigenvalue weighted by molar-refractivity contribution is 0.507. The second-order valence-electron chi connectivity index (χ2n) is 4.20. The highest BCUT2D eigenvalue weighted by atomic mass is 79.9. The van der Waals surface area contributed by atoms with E-state index in [2.05, 4.69) is 21.4 Å². The van der Waals surface area contributed by atoms with Gasteiger partial charge in [-0.2, -0.15) is 0 Å². The SMILES string of the molecule is NNC(Cc1cccc(F)c1)c1cccc(Br)c1F. The third-order valence-corrected chi connectivity index (χ3v) is 3.50. The average molecular weight is 327 g/mol. The van der Waals surface area contributed by atoms with Crippen LogP contribution in [0.2, 0.25) is 0 Å². The molecule has 19 heavy (non-hydrogen) atoms. The molecular weight excluding hydrogens is 314 g/mol. The maximum atomic E-state index is 14.0. The zero-order valence-electron chi connectivity index (χ0n) is 10.0. The smallest absolute Gasteiger partial charge is 0.142 e. The van der Waals surface area contributed by atoms with Crippen molar-refractivity contribution in [2.24, 2.45) is 5.84 Å². The van der Waals surface area contributed by atoms with Crippen LogP contribution in [0.1, 0.15) is 17.2 Å². The lowest BCUT2D eigenvalue weighted by Gasteiger charge is -2.17. The van der Waals surface area contributed by atoms with Crippen molar-refractivity contribution in [1.29, 1.82) is 0 Å². The number of nitrogens with one attached hydrogen (secondary N) is 1. The van der Waals surface area contributed by atoms with Crippen molar-refractivity contribution in [2.45, 2.75) is 12.5 Å². The van der Waals surface area contributed by atoms with Gasteiger partial charge in [-0.15, -0.1) is 0 Å². The maximum absolute atomic E-state index is 14.0. The number of halogens is 3. The van der Waals surface area contributed by atoms with Crippen LogP contribution < -0.4 is 11.3 Å². The third kappa shape index (κ3) is 3.37. The van der Waals surface area contributed by atoms with E-state index in [0.717, 1.165) is 5.56 Å². The molecule has 0 aliphatic rings. The Bertz CT molecular complexity index is 575. The van der Waals surface area contributed by atoms with E-state index >= 15 is 0 Å². The average Bonchev–Trinajstić information content (AvgIpc) is 2.40. The summed E-state index contributed by atoms with van der Waals surface area (Å²) in [5.41, 5.74) is 3.77. The van der Waals surface area contributed by atoms with Crippen LogP contribution in [0.3, 0.4) is 0 Å². The second-order valence-corrected chi connectivity index (χ2v) is 5.05. The molecule has 0 saturated heterocycles. The van der Waals surface area contributed by atoms with Crippen molar-refractivity contribution in [2.75, 3.05) is 0 Å². The fourth-order valence-electron chi connectivity index (χ4n) is 1.95. The summed E-state index contributed by atoms with van der Waals surface area (Å²) < 4.78 is 27.5. The molecule has 0 fully saturated rings. The molecule has 0 aromatic heterocycles. The minimum atomic E-state index is -0.417. The highest BCUT2D eigenvalue weighted by molar-refractivity contribution is 9.10. The number of hydrazine groups is 1. The van der Waals surface area contributed by atoms with E-state index < -0.39 is 6.04 Å². The summed E-state index contributed by atoms with van der Waals surface area (Å²) in [6.07, 6.45) is 0.404. The third-order valence-electron chi connectivity index (χ3n) is 2.89. The monoisotopic (exact) mass is 326 g/mol. The summed E-state index contributed by atoms with van der Waals surface area (Å²) in [5, 5.41) is 0. The van der Waals surface area contributed by atoms with E-state index in [1.165, 1.54) is 12.1 Å². The summed E-state index contributed by atoms with van der Waals surface area (Å²) in [6, 6.07) is 10.8. The van der Waals surface area contributed by atoms with Gasteiger partial charge in [0, 0.05) is 5.56 Å². The largest absolute Gasteiger partial charge is 0.271 e. The molecule has 0 aliphatic carbocycles. The molecule has 0 aliphatic heterocycles. The molecule has 0 bridgehead atoms. The van der Waals surface area contributed by atoms with Crippen molar-refractivity contribution in [3.05, 3.63) is 69.7 Å². The first-order valence-electron chi connectivity index (χ1n) is 5.76. The first-order valence-corrected chi connectivity index (χ1v) is 6.55. The number of nitrogens with two attached hydrogens (primary N) is 1. The Hall–Kier alpha value is -1.30. The predicted molar refractivity (Wildman–Crippen MR) is 74.3 cm³/mol. The van der Waals surface area contributed by atoms with Crippen LogP contribution in [0.25, 0.3) is 0 Å². The van der Waals surface area contributed by atoms with Crippen molar-refractivity contribution in [3.63, 3.8) is 0 Å². The molecule has 2 nitrogen and oxygen atoms in total. The molecule has 1 unspecified atom stereocenters. The molecule has 100 valence electrons. The van der Waals surface area contributed by atoms with Gasteiger partial charge in [-0.3, -0.25) is 11.3 Å². The van der Waals surface area contributed by atoms with Crippen molar-refractivity contribution >= 4 is 15.9 Å². The number of rotatable bonds is 4. The van der Waals surface area contributed by atoms with Crippen LogP contribution in [0.15, 0.2) is 46.9 Å². The standard InChI is InChI=1S/C14H13BrF2N2/c15-12-6-2-5-11(14(12)17)13(19-18)8-9-3-1-4-10(16)7-9/h1-7,13,19H,8,18H2. The van der Waals surface area contributed by atoms with E-state index in [9.17, 15) is 8.78 Å². The Kier molecular flexibility index (Phi) is 4.63. The van der Waals surface area contributed by atoms with Crippen LogP contribution in [0.5, 0.6) is 0 Å². The molecule has 1 atom stereocenters. The molecule has 2 aromatic carbocycles. The first kappa shape index (κ1) is 14.1. The zero-order valence-corrected chi connectivity index (χ0v) is 11.6.